The zero-order chi connectivity index (χ0) is 22.9. The van der Waals surface area contributed by atoms with Crippen molar-refractivity contribution in [1.82, 2.24) is 0 Å². The highest BCUT2D eigenvalue weighted by molar-refractivity contribution is 7.92. The summed E-state index contributed by atoms with van der Waals surface area (Å²) in [5.41, 5.74) is 4.00. The van der Waals surface area contributed by atoms with Gasteiger partial charge in [-0.1, -0.05) is 48.9 Å². The number of anilines is 2. The van der Waals surface area contributed by atoms with Gasteiger partial charge >= 0.3 is 0 Å². The number of benzene rings is 3. The van der Waals surface area contributed by atoms with Crippen LogP contribution >= 0.6 is 0 Å². The fraction of sp³-hybridized carbons (Fsp3) is 0.240. The Hall–Kier alpha value is -3.32. The summed E-state index contributed by atoms with van der Waals surface area (Å²) in [5.74, 6) is -0.0157. The number of carbonyl (C=O) groups excluding carboxylic acids is 1. The molecular formula is C25H26N2O4S. The van der Waals surface area contributed by atoms with Gasteiger partial charge in [-0.25, -0.2) is 8.42 Å². The van der Waals surface area contributed by atoms with Crippen LogP contribution in [0.4, 0.5) is 11.4 Å². The summed E-state index contributed by atoms with van der Waals surface area (Å²) in [4.78, 5) is 13.3. The molecule has 1 atom stereocenters. The summed E-state index contributed by atoms with van der Waals surface area (Å²) >= 11 is 0. The summed E-state index contributed by atoms with van der Waals surface area (Å²) in [5, 5.41) is 2.91. The van der Waals surface area contributed by atoms with E-state index in [-0.39, 0.29) is 17.3 Å². The minimum Gasteiger partial charge on any atom is -0.476 e. The van der Waals surface area contributed by atoms with Crippen LogP contribution < -0.4 is 14.4 Å². The molecule has 3 aromatic rings. The first-order chi connectivity index (χ1) is 15.3. The molecule has 1 unspecified atom stereocenters. The fourth-order valence-electron chi connectivity index (χ4n) is 3.73. The third-order valence-electron chi connectivity index (χ3n) is 5.54. The molecule has 0 radical (unpaired) electrons. The highest BCUT2D eigenvalue weighted by Crippen LogP contribution is 2.38. The molecule has 0 saturated carbocycles. The summed E-state index contributed by atoms with van der Waals surface area (Å²) in [6.07, 6.45) is -0.229. The number of nitrogens with zero attached hydrogens (tertiary/aromatic N) is 1. The van der Waals surface area contributed by atoms with E-state index in [1.54, 1.807) is 36.4 Å². The third kappa shape index (κ3) is 4.21. The minimum absolute atomic E-state index is 0.119. The zero-order valence-corrected chi connectivity index (χ0v) is 19.1. The smallest absolute Gasteiger partial charge is 0.267 e. The van der Waals surface area contributed by atoms with Gasteiger partial charge in [-0.15, -0.1) is 0 Å². The van der Waals surface area contributed by atoms with Gasteiger partial charge in [0.15, 0.2) is 6.10 Å². The van der Waals surface area contributed by atoms with Crippen molar-refractivity contribution in [2.75, 3.05) is 16.2 Å². The number of rotatable bonds is 5. The molecule has 1 amide bonds. The van der Waals surface area contributed by atoms with E-state index in [0.29, 0.717) is 17.1 Å². The van der Waals surface area contributed by atoms with Gasteiger partial charge in [-0.2, -0.15) is 0 Å². The first-order valence-corrected chi connectivity index (χ1v) is 12.0. The number of para-hydroxylation sites is 1. The van der Waals surface area contributed by atoms with Gasteiger partial charge < -0.3 is 10.1 Å². The maximum atomic E-state index is 13.5. The molecule has 1 heterocycles. The van der Waals surface area contributed by atoms with Gasteiger partial charge in [0.1, 0.15) is 5.75 Å². The average molecular weight is 451 g/mol. The van der Waals surface area contributed by atoms with Crippen LogP contribution in [0.1, 0.15) is 23.6 Å². The molecule has 1 aliphatic rings. The molecule has 3 aromatic carbocycles. The van der Waals surface area contributed by atoms with Crippen molar-refractivity contribution >= 4 is 27.3 Å². The first-order valence-electron chi connectivity index (χ1n) is 10.5. The van der Waals surface area contributed by atoms with Crippen molar-refractivity contribution in [2.24, 2.45) is 0 Å². The molecule has 0 aliphatic carbocycles. The van der Waals surface area contributed by atoms with Gasteiger partial charge in [0.05, 0.1) is 17.1 Å². The van der Waals surface area contributed by atoms with Crippen LogP contribution in [-0.4, -0.2) is 27.0 Å². The third-order valence-corrected chi connectivity index (χ3v) is 7.34. The van der Waals surface area contributed by atoms with Crippen LogP contribution in [0.25, 0.3) is 0 Å². The van der Waals surface area contributed by atoms with Crippen molar-refractivity contribution in [2.45, 2.75) is 38.2 Å². The SMILES string of the molecule is CCc1ccccc1NC(=O)C1CN(S(=O)(=O)c2ccc(C)cc2)c2ccc(C)cc2O1. The highest BCUT2D eigenvalue weighted by Gasteiger charge is 2.37. The number of aryl methyl sites for hydroxylation is 3. The monoisotopic (exact) mass is 450 g/mol. The van der Waals surface area contributed by atoms with Crippen molar-refractivity contribution in [3.8, 4) is 5.75 Å². The second kappa shape index (κ2) is 8.67. The number of sulfonamides is 1. The Kier molecular flexibility index (Phi) is 5.93. The van der Waals surface area contributed by atoms with Crippen LogP contribution in [0.15, 0.2) is 71.6 Å². The summed E-state index contributed by atoms with van der Waals surface area (Å²) in [7, 11) is -3.88. The van der Waals surface area contributed by atoms with E-state index in [4.69, 9.17) is 4.74 Å². The summed E-state index contributed by atoms with van der Waals surface area (Å²) in [6.45, 7) is 5.69. The number of hydrogen-bond donors (Lipinski definition) is 1. The molecule has 7 heteroatoms. The van der Waals surface area contributed by atoms with Gasteiger partial charge in [-0.3, -0.25) is 9.10 Å². The Bertz CT molecular complexity index is 1250. The number of carbonyl (C=O) groups is 1. The Morgan fingerprint density at radius 3 is 2.44 bits per heavy atom. The molecule has 0 spiro atoms. The normalized spacial score (nSPS) is 15.6. The molecule has 0 fully saturated rings. The van der Waals surface area contributed by atoms with Gasteiger partial charge in [0.2, 0.25) is 0 Å². The maximum Gasteiger partial charge on any atom is 0.267 e. The molecular weight excluding hydrogens is 424 g/mol. The second-order valence-electron chi connectivity index (χ2n) is 7.93. The zero-order valence-electron chi connectivity index (χ0n) is 18.3. The molecule has 4 rings (SSSR count). The maximum absolute atomic E-state index is 13.5. The fourth-order valence-corrected chi connectivity index (χ4v) is 5.20. The lowest BCUT2D eigenvalue weighted by atomic mass is 10.1. The number of hydrogen-bond acceptors (Lipinski definition) is 4. The number of nitrogens with one attached hydrogen (secondary N) is 1. The van der Waals surface area contributed by atoms with Crippen molar-refractivity contribution in [3.05, 3.63) is 83.4 Å². The second-order valence-corrected chi connectivity index (χ2v) is 9.79. The van der Waals surface area contributed by atoms with E-state index in [2.05, 4.69) is 5.32 Å². The summed E-state index contributed by atoms with van der Waals surface area (Å²) in [6, 6.07) is 19.5. The van der Waals surface area contributed by atoms with Crippen LogP contribution in [0.5, 0.6) is 5.75 Å². The van der Waals surface area contributed by atoms with Crippen LogP contribution in [-0.2, 0) is 21.2 Å². The molecule has 6 nitrogen and oxygen atoms in total. The van der Waals surface area contributed by atoms with E-state index < -0.39 is 16.1 Å². The molecule has 166 valence electrons. The van der Waals surface area contributed by atoms with Crippen LogP contribution in [0.3, 0.4) is 0 Å². The van der Waals surface area contributed by atoms with Gasteiger partial charge in [0.25, 0.3) is 15.9 Å². The van der Waals surface area contributed by atoms with Crippen LogP contribution in [0, 0.1) is 13.8 Å². The summed E-state index contributed by atoms with van der Waals surface area (Å²) < 4.78 is 34.3. The van der Waals surface area contributed by atoms with E-state index in [1.807, 2.05) is 51.1 Å². The van der Waals surface area contributed by atoms with E-state index in [0.717, 1.165) is 23.1 Å². The van der Waals surface area contributed by atoms with E-state index >= 15 is 0 Å². The molecule has 1 N–H and O–H groups in total. The lowest BCUT2D eigenvalue weighted by Gasteiger charge is -2.35. The van der Waals surface area contributed by atoms with Crippen LogP contribution in [0.2, 0.25) is 0 Å². The average Bonchev–Trinajstić information content (AvgIpc) is 2.78. The van der Waals surface area contributed by atoms with E-state index in [1.165, 1.54) is 4.31 Å². The molecule has 32 heavy (non-hydrogen) atoms. The van der Waals surface area contributed by atoms with E-state index in [9.17, 15) is 13.2 Å². The van der Waals surface area contributed by atoms with Gasteiger partial charge in [0, 0.05) is 5.69 Å². The largest absolute Gasteiger partial charge is 0.476 e. The number of fused-ring (bicyclic) bond motifs is 1. The predicted molar refractivity (Wildman–Crippen MR) is 126 cm³/mol. The Morgan fingerprint density at radius 1 is 1.03 bits per heavy atom. The highest BCUT2D eigenvalue weighted by atomic mass is 32.2. The molecule has 0 saturated heterocycles. The number of ether oxygens (including phenoxy) is 1. The Balaban J connectivity index is 1.70. The lowest BCUT2D eigenvalue weighted by molar-refractivity contribution is -0.122. The molecule has 0 aromatic heterocycles. The predicted octanol–water partition coefficient (Wildman–Crippen LogP) is 4.46. The molecule has 1 aliphatic heterocycles. The number of amides is 1. The standard InChI is InChI=1S/C25H26N2O4S/c1-4-19-7-5-6-8-21(19)26-25(28)24-16-27(22-14-11-18(3)15-23(22)31-24)32(29,30)20-12-9-17(2)10-13-20/h5-15,24H,4,16H2,1-3H3,(H,26,28). The quantitative estimate of drug-likeness (QED) is 0.623. The topological polar surface area (TPSA) is 75.7 Å². The first kappa shape index (κ1) is 21.9. The Labute approximate surface area is 188 Å². The Morgan fingerprint density at radius 2 is 1.72 bits per heavy atom. The molecule has 0 bridgehead atoms. The van der Waals surface area contributed by atoms with Crippen molar-refractivity contribution in [1.29, 1.82) is 0 Å². The van der Waals surface area contributed by atoms with Crippen molar-refractivity contribution in [3.63, 3.8) is 0 Å². The minimum atomic E-state index is -3.88. The van der Waals surface area contributed by atoms with Crippen molar-refractivity contribution < 1.29 is 17.9 Å². The lowest BCUT2D eigenvalue weighted by Crippen LogP contribution is -2.48. The van der Waals surface area contributed by atoms with Gasteiger partial charge in [-0.05, 0) is 61.7 Å².